The topological polar surface area (TPSA) is 109 Å². The van der Waals surface area contributed by atoms with Crippen LogP contribution in [0, 0.1) is 5.41 Å². The van der Waals surface area contributed by atoms with Crippen LogP contribution in [0.1, 0.15) is 54.6 Å². The third-order valence-corrected chi connectivity index (χ3v) is 9.19. The fraction of sp³-hybridized carbons (Fsp3) is 0.310. The highest BCUT2D eigenvalue weighted by Crippen LogP contribution is 2.34. The van der Waals surface area contributed by atoms with Crippen LogP contribution < -0.4 is 21.4 Å². The molecular weight excluding hydrogens is 622 g/mol. The van der Waals surface area contributed by atoms with Crippen LogP contribution in [0.4, 0.5) is 4.79 Å². The number of hydrogen-bond donors (Lipinski definition) is 6. The number of fused-ring (bicyclic) bond motifs is 1. The Morgan fingerprint density at radius 3 is 2.02 bits per heavy atom. The number of hydrogen-bond acceptors (Lipinski definition) is 6. The molecule has 0 spiro atoms. The van der Waals surface area contributed by atoms with Crippen LogP contribution in [-0.2, 0) is 25.9 Å². The van der Waals surface area contributed by atoms with E-state index in [1.165, 1.54) is 0 Å². The number of hydrazine groups is 1. The largest absolute Gasteiger partial charge is 0.390 e. The van der Waals surface area contributed by atoms with Crippen LogP contribution in [0.2, 0.25) is 0 Å². The lowest BCUT2D eigenvalue weighted by Crippen LogP contribution is -2.57. The normalized spacial score (nSPS) is 17.2. The average Bonchev–Trinajstić information content (AvgIpc) is 3.41. The molecule has 0 bridgehead atoms. The smallest absolute Gasteiger partial charge is 0.315 e. The number of aliphatic hydroxyl groups excluding tert-OH is 1. The second-order valence-electron chi connectivity index (χ2n) is 14.4. The predicted molar refractivity (Wildman–Crippen MR) is 200 cm³/mol. The van der Waals surface area contributed by atoms with E-state index in [2.05, 4.69) is 34.5 Å². The lowest BCUT2D eigenvalue weighted by Gasteiger charge is -2.40. The molecule has 262 valence electrons. The van der Waals surface area contributed by atoms with Gasteiger partial charge in [-0.1, -0.05) is 149 Å². The lowest BCUT2D eigenvalue weighted by molar-refractivity contribution is 0.00782. The van der Waals surface area contributed by atoms with Gasteiger partial charge in [0.15, 0.2) is 0 Å². The van der Waals surface area contributed by atoms with Gasteiger partial charge in [-0.25, -0.2) is 9.80 Å². The molecule has 8 nitrogen and oxygen atoms in total. The third-order valence-electron chi connectivity index (χ3n) is 9.19. The Hall–Kier alpha value is -4.89. The molecule has 0 radical (unpaired) electrons. The van der Waals surface area contributed by atoms with Gasteiger partial charge >= 0.3 is 6.03 Å². The van der Waals surface area contributed by atoms with Gasteiger partial charge in [0, 0.05) is 37.3 Å². The Labute approximate surface area is 296 Å². The quantitative estimate of drug-likeness (QED) is 0.0845. The van der Waals surface area contributed by atoms with Crippen molar-refractivity contribution in [2.24, 2.45) is 5.41 Å². The van der Waals surface area contributed by atoms with Gasteiger partial charge in [0.1, 0.15) is 5.60 Å². The van der Waals surface area contributed by atoms with Gasteiger partial charge < -0.3 is 31.6 Å². The summed E-state index contributed by atoms with van der Waals surface area (Å²) in [6.07, 6.45) is 0.141. The molecule has 0 aliphatic heterocycles. The summed E-state index contributed by atoms with van der Waals surface area (Å²) in [6, 6.07) is 36.4. The summed E-state index contributed by atoms with van der Waals surface area (Å²) >= 11 is 0. The highest BCUT2D eigenvalue weighted by molar-refractivity contribution is 5.74. The first kappa shape index (κ1) is 36.4. The van der Waals surface area contributed by atoms with Crippen LogP contribution >= 0.6 is 0 Å². The minimum Gasteiger partial charge on any atom is -0.390 e. The lowest BCUT2D eigenvalue weighted by atomic mass is 9.85. The van der Waals surface area contributed by atoms with Crippen LogP contribution in [0.25, 0.3) is 0 Å². The minimum absolute atomic E-state index is 0.114. The van der Waals surface area contributed by atoms with E-state index in [9.17, 15) is 15.0 Å². The van der Waals surface area contributed by atoms with E-state index in [-0.39, 0.29) is 19.0 Å². The molecule has 6 N–H and O–H groups in total. The van der Waals surface area contributed by atoms with Gasteiger partial charge in [0.05, 0.1) is 24.7 Å². The second-order valence-corrected chi connectivity index (χ2v) is 14.4. The summed E-state index contributed by atoms with van der Waals surface area (Å²) in [5.41, 5.74) is 7.61. The second kappa shape index (κ2) is 16.2. The van der Waals surface area contributed by atoms with E-state index < -0.39 is 29.2 Å². The van der Waals surface area contributed by atoms with Gasteiger partial charge in [-0.2, -0.15) is 0 Å². The maximum absolute atomic E-state index is 13.2. The number of nitrogens with one attached hydrogen (secondary N) is 4. The maximum atomic E-state index is 13.2. The van der Waals surface area contributed by atoms with Gasteiger partial charge in [-0.15, -0.1) is 0 Å². The van der Waals surface area contributed by atoms with Crippen molar-refractivity contribution in [1.82, 2.24) is 26.4 Å². The van der Waals surface area contributed by atoms with Crippen LogP contribution in [-0.4, -0.2) is 45.5 Å². The fourth-order valence-electron chi connectivity index (χ4n) is 6.57. The molecule has 1 aliphatic rings. The number of aliphatic hydroxyl groups is 2. The summed E-state index contributed by atoms with van der Waals surface area (Å²) in [5, 5.41) is 35.2. The molecule has 2 amide bonds. The van der Waals surface area contributed by atoms with E-state index in [0.29, 0.717) is 30.9 Å². The Kier molecular flexibility index (Phi) is 11.8. The maximum Gasteiger partial charge on any atom is 0.315 e. The first-order valence-corrected chi connectivity index (χ1v) is 17.2. The molecular formula is C42H51N5O3. The zero-order chi connectivity index (χ0) is 35.7. The number of benzene rings is 4. The third kappa shape index (κ3) is 9.63. The highest BCUT2D eigenvalue weighted by Gasteiger charge is 2.39. The minimum atomic E-state index is -1.49. The zero-order valence-electron chi connectivity index (χ0n) is 29.4. The van der Waals surface area contributed by atoms with Crippen molar-refractivity contribution in [3.05, 3.63) is 168 Å². The summed E-state index contributed by atoms with van der Waals surface area (Å²) in [7, 11) is 0. The van der Waals surface area contributed by atoms with Crippen molar-refractivity contribution in [1.29, 1.82) is 0 Å². The number of carbonyl (C=O) groups is 1. The number of urea groups is 1. The van der Waals surface area contributed by atoms with Gasteiger partial charge in [-0.05, 0) is 33.2 Å². The van der Waals surface area contributed by atoms with Gasteiger partial charge in [0.25, 0.3) is 0 Å². The summed E-state index contributed by atoms with van der Waals surface area (Å²) < 4.78 is 0. The predicted octanol–water partition coefficient (Wildman–Crippen LogP) is 6.16. The summed E-state index contributed by atoms with van der Waals surface area (Å²) in [6.45, 7) is 15.9. The molecule has 0 saturated heterocycles. The number of carbonyl (C=O) groups excluding carboxylic acids is 1. The van der Waals surface area contributed by atoms with Gasteiger partial charge in [0.2, 0.25) is 0 Å². The van der Waals surface area contributed by atoms with Crippen LogP contribution in [0.3, 0.4) is 0 Å². The van der Waals surface area contributed by atoms with Crippen molar-refractivity contribution in [2.45, 2.75) is 70.5 Å². The molecule has 0 heterocycles. The van der Waals surface area contributed by atoms with E-state index in [4.69, 9.17) is 0 Å². The first-order valence-electron chi connectivity index (χ1n) is 17.2. The molecule has 4 aromatic carbocycles. The standard InChI is InChI=1S/C42H51N5O3/c1-30(39(41(3,4)5)45-40(49)43-27-33-19-11-7-12-20-33)46-47(28-34-21-13-8-14-22-34)29-42(50,26-32-17-9-6-10-18-32)31(2)44-38-36-24-16-15-23-35(36)25-37(38)48/h6-24,37-39,44,46,48,50H,1-2,25-29H2,3-5H3,(H2,43,45,49)/t37-,38?,39-,42+/m1/s1. The number of amides is 2. The van der Waals surface area contributed by atoms with E-state index >= 15 is 0 Å². The molecule has 5 rings (SSSR count). The molecule has 1 aliphatic carbocycles. The Morgan fingerprint density at radius 2 is 1.40 bits per heavy atom. The molecule has 1 unspecified atom stereocenters. The summed E-state index contributed by atoms with van der Waals surface area (Å²) in [5.74, 6) is 0. The molecule has 50 heavy (non-hydrogen) atoms. The van der Waals surface area contributed by atoms with Gasteiger partial charge in [-0.3, -0.25) is 0 Å². The van der Waals surface area contributed by atoms with E-state index in [1.807, 2.05) is 141 Å². The Bertz CT molecular complexity index is 1720. The van der Waals surface area contributed by atoms with Crippen molar-refractivity contribution >= 4 is 6.03 Å². The molecule has 0 aromatic heterocycles. The number of nitrogens with zero attached hydrogens (tertiary/aromatic N) is 1. The van der Waals surface area contributed by atoms with Crippen LogP contribution in [0.5, 0.6) is 0 Å². The first-order chi connectivity index (χ1) is 23.9. The van der Waals surface area contributed by atoms with Crippen molar-refractivity contribution in [3.63, 3.8) is 0 Å². The molecule has 4 aromatic rings. The average molecular weight is 674 g/mol. The number of rotatable bonds is 15. The Balaban J connectivity index is 1.40. The van der Waals surface area contributed by atoms with Crippen molar-refractivity contribution in [3.8, 4) is 0 Å². The van der Waals surface area contributed by atoms with Crippen molar-refractivity contribution in [2.75, 3.05) is 6.54 Å². The Morgan fingerprint density at radius 1 is 0.840 bits per heavy atom. The molecule has 8 heteroatoms. The highest BCUT2D eigenvalue weighted by atomic mass is 16.3. The molecule has 0 fully saturated rings. The summed E-state index contributed by atoms with van der Waals surface area (Å²) in [4.78, 5) is 13.2. The van der Waals surface area contributed by atoms with E-state index in [0.717, 1.165) is 27.8 Å². The van der Waals surface area contributed by atoms with Crippen molar-refractivity contribution < 1.29 is 15.0 Å². The molecule has 4 atom stereocenters. The molecule has 0 saturated carbocycles. The van der Waals surface area contributed by atoms with E-state index in [1.54, 1.807) is 0 Å². The monoisotopic (exact) mass is 673 g/mol. The van der Waals surface area contributed by atoms with Crippen LogP contribution in [0.15, 0.2) is 140 Å². The fourth-order valence-corrected chi connectivity index (χ4v) is 6.57. The zero-order valence-corrected chi connectivity index (χ0v) is 29.4. The SMILES string of the molecule is C=C(NN(Cc1ccccc1)C[C@@](O)(Cc1ccccc1)C(=C)NC1c2ccccc2C[C@H]1O)[C@@H](NC(=O)NCc1ccccc1)C(C)(C)C.